The molecule has 4 N–H and O–H groups in total. The first-order valence-corrected chi connectivity index (χ1v) is 6.94. The zero-order valence-corrected chi connectivity index (χ0v) is 12.2. The number of hydrogen-bond donors (Lipinski definition) is 2. The molecule has 1 aromatic rings. The lowest BCUT2D eigenvalue weighted by molar-refractivity contribution is -0.148. The minimum atomic E-state index is -0.433. The largest absolute Gasteiger partial charge is 0.461 e. The Labute approximate surface area is 124 Å². The van der Waals surface area contributed by atoms with E-state index in [4.69, 9.17) is 16.4 Å². The van der Waals surface area contributed by atoms with Crippen LogP contribution in [0.4, 0.5) is 5.69 Å². The van der Waals surface area contributed by atoms with Crippen LogP contribution in [0.25, 0.3) is 0 Å². The van der Waals surface area contributed by atoms with Crippen molar-refractivity contribution in [2.24, 2.45) is 11.8 Å². The molecule has 0 heterocycles. The van der Waals surface area contributed by atoms with E-state index in [1.54, 1.807) is 13.0 Å². The van der Waals surface area contributed by atoms with Crippen molar-refractivity contribution in [3.63, 3.8) is 0 Å². The second-order valence-corrected chi connectivity index (χ2v) is 4.94. The number of nitrogen functional groups attached to an aromatic ring is 1. The molecule has 0 aromatic heterocycles. The van der Waals surface area contributed by atoms with Gasteiger partial charge in [-0.3, -0.25) is 9.59 Å². The summed E-state index contributed by atoms with van der Waals surface area (Å²) in [6, 6.07) is 7.26. The minimum Gasteiger partial charge on any atom is -0.461 e. The summed E-state index contributed by atoms with van der Waals surface area (Å²) in [5, 5.41) is 0. The molecule has 0 aliphatic carbocycles. The van der Waals surface area contributed by atoms with Gasteiger partial charge < -0.3 is 15.3 Å². The van der Waals surface area contributed by atoms with E-state index >= 15 is 0 Å². The lowest BCUT2D eigenvalue weighted by atomic mass is 10.0. The van der Waals surface area contributed by atoms with Gasteiger partial charge in [0.1, 0.15) is 6.61 Å². The maximum atomic E-state index is 11.6. The number of unbranched alkanes of at least 4 members (excludes halogenated alkanes) is 1. The van der Waals surface area contributed by atoms with Crippen LogP contribution >= 0.6 is 0 Å². The third-order valence-corrected chi connectivity index (χ3v) is 3.23. The topological polar surface area (TPSA) is 105 Å². The summed E-state index contributed by atoms with van der Waals surface area (Å²) in [4.78, 5) is 26.8. The summed E-state index contributed by atoms with van der Waals surface area (Å²) in [6.07, 6.45) is 2.34. The Balaban J connectivity index is 2.17. The van der Waals surface area contributed by atoms with Crippen LogP contribution in [-0.4, -0.2) is 11.9 Å². The third-order valence-electron chi connectivity index (χ3n) is 3.23. The first-order chi connectivity index (χ1) is 10.0. The first kappa shape index (κ1) is 17.0. The Morgan fingerprint density at radius 1 is 1.24 bits per heavy atom. The van der Waals surface area contributed by atoms with Gasteiger partial charge in [-0.15, -0.1) is 0 Å². The molecule has 1 unspecified atom stereocenters. The molecule has 0 aliphatic heterocycles. The van der Waals surface area contributed by atoms with E-state index in [2.05, 4.69) is 4.84 Å². The Kier molecular flexibility index (Phi) is 7.25. The summed E-state index contributed by atoms with van der Waals surface area (Å²) in [6.45, 7) is 1.92. The van der Waals surface area contributed by atoms with Gasteiger partial charge in [0.05, 0.1) is 5.92 Å². The van der Waals surface area contributed by atoms with Crippen LogP contribution in [0.3, 0.4) is 0 Å². The molecular weight excluding hydrogens is 272 g/mol. The van der Waals surface area contributed by atoms with Crippen LogP contribution in [0.1, 0.15) is 38.2 Å². The molecule has 1 aromatic carbocycles. The van der Waals surface area contributed by atoms with Gasteiger partial charge in [-0.05, 0) is 18.9 Å². The van der Waals surface area contributed by atoms with Gasteiger partial charge in [0.15, 0.2) is 0 Å². The molecule has 0 spiro atoms. The maximum absolute atomic E-state index is 11.6. The molecule has 0 fully saturated rings. The number of carbonyl (C=O) groups is 2. The molecule has 0 radical (unpaired) electrons. The third kappa shape index (κ3) is 6.27. The Bertz CT molecular complexity index is 476. The zero-order chi connectivity index (χ0) is 15.7. The van der Waals surface area contributed by atoms with Gasteiger partial charge in [-0.25, -0.2) is 0 Å². The SMILES string of the molecule is CC(CCCCC(=O)OCc1ccccc1N)C(=O)ON. The van der Waals surface area contributed by atoms with E-state index in [1.807, 2.05) is 18.2 Å². The number of nitrogens with two attached hydrogens (primary N) is 2. The average molecular weight is 294 g/mol. The fraction of sp³-hybridized carbons (Fsp3) is 0.467. The van der Waals surface area contributed by atoms with Gasteiger partial charge in [0.25, 0.3) is 0 Å². The molecule has 21 heavy (non-hydrogen) atoms. The highest BCUT2D eigenvalue weighted by Gasteiger charge is 2.13. The van der Waals surface area contributed by atoms with Crippen LogP contribution in [0.15, 0.2) is 24.3 Å². The van der Waals surface area contributed by atoms with Gasteiger partial charge in [-0.1, -0.05) is 31.5 Å². The molecule has 0 aliphatic rings. The molecule has 0 saturated carbocycles. The lowest BCUT2D eigenvalue weighted by Crippen LogP contribution is -2.18. The molecular formula is C15H22N2O4. The highest BCUT2D eigenvalue weighted by Crippen LogP contribution is 2.13. The second-order valence-electron chi connectivity index (χ2n) is 4.94. The second kappa shape index (κ2) is 8.97. The van der Waals surface area contributed by atoms with E-state index in [-0.39, 0.29) is 18.5 Å². The van der Waals surface area contributed by atoms with Crippen molar-refractivity contribution >= 4 is 17.6 Å². The predicted molar refractivity (Wildman–Crippen MR) is 78.6 cm³/mol. The lowest BCUT2D eigenvalue weighted by Gasteiger charge is -2.09. The highest BCUT2D eigenvalue weighted by molar-refractivity contribution is 5.71. The average Bonchev–Trinajstić information content (AvgIpc) is 2.49. The fourth-order valence-corrected chi connectivity index (χ4v) is 1.85. The van der Waals surface area contributed by atoms with Crippen molar-refractivity contribution in [3.05, 3.63) is 29.8 Å². The molecule has 6 heteroatoms. The Hall–Kier alpha value is -2.08. The zero-order valence-electron chi connectivity index (χ0n) is 12.2. The standard InChI is InChI=1S/C15H22N2O4/c1-11(15(19)21-17)6-2-5-9-14(18)20-10-12-7-3-4-8-13(12)16/h3-4,7-8,11H,2,5-6,9-10,16-17H2,1H3. The van der Waals surface area contributed by atoms with Crippen molar-refractivity contribution in [1.82, 2.24) is 0 Å². The van der Waals surface area contributed by atoms with E-state index < -0.39 is 5.97 Å². The van der Waals surface area contributed by atoms with Gasteiger partial charge in [0.2, 0.25) is 0 Å². The number of rotatable bonds is 8. The van der Waals surface area contributed by atoms with Gasteiger partial charge in [0, 0.05) is 17.7 Å². The minimum absolute atomic E-state index is 0.182. The Morgan fingerprint density at radius 3 is 2.62 bits per heavy atom. The van der Waals surface area contributed by atoms with Gasteiger partial charge in [-0.2, -0.15) is 5.90 Å². The number of ether oxygens (including phenoxy) is 1. The number of para-hydroxylation sites is 1. The first-order valence-electron chi connectivity index (χ1n) is 6.94. The van der Waals surface area contributed by atoms with E-state index in [0.29, 0.717) is 24.9 Å². The number of benzene rings is 1. The number of carbonyl (C=O) groups excluding carboxylic acids is 2. The van der Waals surface area contributed by atoms with Crippen molar-refractivity contribution in [2.75, 3.05) is 5.73 Å². The molecule has 0 amide bonds. The molecule has 1 atom stereocenters. The smallest absolute Gasteiger partial charge is 0.327 e. The van der Waals surface area contributed by atoms with Crippen molar-refractivity contribution in [2.45, 2.75) is 39.2 Å². The van der Waals surface area contributed by atoms with Crippen molar-refractivity contribution in [3.8, 4) is 0 Å². The Morgan fingerprint density at radius 2 is 1.95 bits per heavy atom. The molecule has 0 bridgehead atoms. The number of hydrogen-bond acceptors (Lipinski definition) is 6. The van der Waals surface area contributed by atoms with E-state index in [9.17, 15) is 9.59 Å². The fourth-order valence-electron chi connectivity index (χ4n) is 1.85. The predicted octanol–water partition coefficient (Wildman–Crippen LogP) is 1.93. The summed E-state index contributed by atoms with van der Waals surface area (Å²) in [5.74, 6) is 3.84. The molecule has 1 rings (SSSR count). The van der Waals surface area contributed by atoms with Gasteiger partial charge >= 0.3 is 11.9 Å². The van der Waals surface area contributed by atoms with Crippen molar-refractivity contribution in [1.29, 1.82) is 0 Å². The molecule has 6 nitrogen and oxygen atoms in total. The van der Waals surface area contributed by atoms with Crippen LogP contribution in [0.2, 0.25) is 0 Å². The highest BCUT2D eigenvalue weighted by atomic mass is 16.7. The summed E-state index contributed by atoms with van der Waals surface area (Å²) >= 11 is 0. The van der Waals surface area contributed by atoms with Crippen LogP contribution < -0.4 is 11.6 Å². The van der Waals surface area contributed by atoms with E-state index in [1.165, 1.54) is 0 Å². The summed E-state index contributed by atoms with van der Waals surface area (Å²) in [7, 11) is 0. The molecule has 116 valence electrons. The monoisotopic (exact) mass is 294 g/mol. The normalized spacial score (nSPS) is 11.7. The molecule has 0 saturated heterocycles. The number of esters is 1. The van der Waals surface area contributed by atoms with Crippen LogP contribution in [0, 0.1) is 5.92 Å². The van der Waals surface area contributed by atoms with E-state index in [0.717, 1.165) is 12.0 Å². The number of anilines is 1. The summed E-state index contributed by atoms with van der Waals surface area (Å²) < 4.78 is 5.15. The summed E-state index contributed by atoms with van der Waals surface area (Å²) in [5.41, 5.74) is 7.16. The van der Waals surface area contributed by atoms with Crippen molar-refractivity contribution < 1.29 is 19.2 Å². The van der Waals surface area contributed by atoms with Crippen LogP contribution in [-0.2, 0) is 25.8 Å². The quantitative estimate of drug-likeness (QED) is 0.328. The maximum Gasteiger partial charge on any atom is 0.327 e. The van der Waals surface area contributed by atoms with Crippen LogP contribution in [0.5, 0.6) is 0 Å².